The zero-order valence-corrected chi connectivity index (χ0v) is 11.3. The van der Waals surface area contributed by atoms with Crippen LogP contribution in [0.5, 0.6) is 5.75 Å². The van der Waals surface area contributed by atoms with Crippen LogP contribution in [-0.2, 0) is 0 Å². The van der Waals surface area contributed by atoms with Gasteiger partial charge >= 0.3 is 6.18 Å². The first-order valence-corrected chi connectivity index (χ1v) is 6.54. The number of carbonyl (C=O) groups excluding carboxylic acids is 1. The van der Waals surface area contributed by atoms with Crippen LogP contribution in [0.2, 0.25) is 0 Å². The zero-order chi connectivity index (χ0) is 15.5. The molecular formula is C13H16F3N3O2. The van der Waals surface area contributed by atoms with Crippen molar-refractivity contribution < 1.29 is 22.7 Å². The molecule has 1 aliphatic rings. The van der Waals surface area contributed by atoms with Gasteiger partial charge in [-0.3, -0.25) is 4.79 Å². The Labute approximate surface area is 119 Å². The molecule has 1 atom stereocenters. The van der Waals surface area contributed by atoms with E-state index >= 15 is 0 Å². The van der Waals surface area contributed by atoms with Gasteiger partial charge < -0.3 is 15.4 Å². The van der Waals surface area contributed by atoms with Crippen LogP contribution in [0.15, 0.2) is 18.3 Å². The summed E-state index contributed by atoms with van der Waals surface area (Å²) >= 11 is 0. The fraction of sp³-hybridized carbons (Fsp3) is 0.538. The fourth-order valence-electron chi connectivity index (χ4n) is 2.19. The number of pyridine rings is 1. The third kappa shape index (κ3) is 4.07. The summed E-state index contributed by atoms with van der Waals surface area (Å²) in [6.45, 7) is 0.0361. The van der Waals surface area contributed by atoms with Crippen LogP contribution in [-0.4, -0.2) is 48.2 Å². The molecule has 1 aromatic heterocycles. The number of halogens is 3. The van der Waals surface area contributed by atoms with Crippen LogP contribution in [0.25, 0.3) is 0 Å². The van der Waals surface area contributed by atoms with Crippen LogP contribution in [0, 0.1) is 5.92 Å². The summed E-state index contributed by atoms with van der Waals surface area (Å²) in [5, 5.41) is 0. The van der Waals surface area contributed by atoms with Gasteiger partial charge in [-0.1, -0.05) is 0 Å². The molecule has 0 aliphatic carbocycles. The van der Waals surface area contributed by atoms with E-state index in [-0.39, 0.29) is 17.4 Å². The van der Waals surface area contributed by atoms with E-state index in [2.05, 4.69) is 9.72 Å². The van der Waals surface area contributed by atoms with Crippen molar-refractivity contribution in [1.82, 2.24) is 9.88 Å². The minimum Gasteiger partial charge on any atom is -0.482 e. The largest absolute Gasteiger partial charge is 0.482 e. The van der Waals surface area contributed by atoms with Crippen molar-refractivity contribution in [3.63, 3.8) is 0 Å². The number of alkyl halides is 3. The van der Waals surface area contributed by atoms with Crippen molar-refractivity contribution in [2.24, 2.45) is 11.7 Å². The Morgan fingerprint density at radius 2 is 2.29 bits per heavy atom. The highest BCUT2D eigenvalue weighted by Crippen LogP contribution is 2.24. The summed E-state index contributed by atoms with van der Waals surface area (Å²) in [6, 6.07) is 2.73. The molecule has 1 fully saturated rings. The van der Waals surface area contributed by atoms with E-state index in [0.717, 1.165) is 6.42 Å². The predicted molar refractivity (Wildman–Crippen MR) is 68.9 cm³/mol. The number of aromatic nitrogens is 1. The predicted octanol–water partition coefficient (Wildman–Crippen LogP) is 1.44. The maximum absolute atomic E-state index is 12.3. The van der Waals surface area contributed by atoms with Crippen LogP contribution >= 0.6 is 0 Å². The van der Waals surface area contributed by atoms with E-state index in [1.165, 1.54) is 18.3 Å². The van der Waals surface area contributed by atoms with Gasteiger partial charge in [0.1, 0.15) is 0 Å². The highest BCUT2D eigenvalue weighted by molar-refractivity contribution is 5.95. The Hall–Kier alpha value is -1.83. The minimum atomic E-state index is -4.46. The van der Waals surface area contributed by atoms with Gasteiger partial charge in [0.2, 0.25) is 0 Å². The van der Waals surface area contributed by atoms with Crippen molar-refractivity contribution >= 4 is 5.91 Å². The third-order valence-electron chi connectivity index (χ3n) is 3.27. The number of hydrogen-bond acceptors (Lipinski definition) is 4. The van der Waals surface area contributed by atoms with Gasteiger partial charge in [-0.15, -0.1) is 0 Å². The van der Waals surface area contributed by atoms with Crippen LogP contribution in [0.3, 0.4) is 0 Å². The normalized spacial score (nSPS) is 18.9. The van der Waals surface area contributed by atoms with E-state index in [9.17, 15) is 18.0 Å². The average molecular weight is 303 g/mol. The van der Waals surface area contributed by atoms with Crippen molar-refractivity contribution in [1.29, 1.82) is 0 Å². The molecule has 0 bridgehead atoms. The molecule has 2 N–H and O–H groups in total. The summed E-state index contributed by atoms with van der Waals surface area (Å²) in [5.74, 6) is -0.364. The Balaban J connectivity index is 2.10. The van der Waals surface area contributed by atoms with Gasteiger partial charge in [0.15, 0.2) is 18.1 Å². The molecule has 116 valence electrons. The zero-order valence-electron chi connectivity index (χ0n) is 11.3. The first kappa shape index (κ1) is 15.6. The Morgan fingerprint density at radius 3 is 2.90 bits per heavy atom. The highest BCUT2D eigenvalue weighted by Gasteiger charge is 2.31. The lowest BCUT2D eigenvalue weighted by molar-refractivity contribution is -0.153. The lowest BCUT2D eigenvalue weighted by Gasteiger charge is -2.18. The molecular weight excluding hydrogens is 287 g/mol. The Kier molecular flexibility index (Phi) is 4.66. The quantitative estimate of drug-likeness (QED) is 0.914. The summed E-state index contributed by atoms with van der Waals surface area (Å²) in [7, 11) is 0. The average Bonchev–Trinajstić information content (AvgIpc) is 2.93. The van der Waals surface area contributed by atoms with Gasteiger partial charge in [-0.2, -0.15) is 13.2 Å². The maximum Gasteiger partial charge on any atom is 0.422 e. The molecule has 1 aromatic rings. The first-order chi connectivity index (χ1) is 9.90. The molecule has 0 saturated carbocycles. The van der Waals surface area contributed by atoms with E-state index in [4.69, 9.17) is 5.73 Å². The smallest absolute Gasteiger partial charge is 0.422 e. The molecule has 5 nitrogen and oxygen atoms in total. The Bertz CT molecular complexity index is 508. The van der Waals surface area contributed by atoms with E-state index in [1.54, 1.807) is 4.90 Å². The van der Waals surface area contributed by atoms with Crippen LogP contribution in [0.1, 0.15) is 16.9 Å². The van der Waals surface area contributed by atoms with Crippen molar-refractivity contribution in [2.75, 3.05) is 26.2 Å². The van der Waals surface area contributed by atoms with Gasteiger partial charge in [0, 0.05) is 19.3 Å². The van der Waals surface area contributed by atoms with Crippen LogP contribution in [0.4, 0.5) is 13.2 Å². The molecule has 21 heavy (non-hydrogen) atoms. The molecule has 2 heterocycles. The molecule has 8 heteroatoms. The number of likely N-dealkylation sites (tertiary alicyclic amines) is 1. The fourth-order valence-corrected chi connectivity index (χ4v) is 2.19. The lowest BCUT2D eigenvalue weighted by Crippen LogP contribution is -2.31. The van der Waals surface area contributed by atoms with Gasteiger partial charge in [0.05, 0.1) is 0 Å². The second kappa shape index (κ2) is 6.30. The summed E-state index contributed by atoms with van der Waals surface area (Å²) < 4.78 is 41.3. The molecule has 1 unspecified atom stereocenters. The number of nitrogens with zero attached hydrogens (tertiary/aromatic N) is 2. The summed E-state index contributed by atoms with van der Waals surface area (Å²) in [6.07, 6.45) is -2.33. The number of amides is 1. The molecule has 2 rings (SSSR count). The van der Waals surface area contributed by atoms with Crippen LogP contribution < -0.4 is 10.5 Å². The van der Waals surface area contributed by atoms with Crippen molar-refractivity contribution in [3.05, 3.63) is 24.0 Å². The molecule has 0 spiro atoms. The Morgan fingerprint density at radius 1 is 1.52 bits per heavy atom. The topological polar surface area (TPSA) is 68.5 Å². The van der Waals surface area contributed by atoms with Crippen molar-refractivity contribution in [3.8, 4) is 5.75 Å². The second-order valence-corrected chi connectivity index (χ2v) is 4.90. The number of hydrogen-bond donors (Lipinski definition) is 1. The van der Waals surface area contributed by atoms with E-state index in [0.29, 0.717) is 19.6 Å². The SMILES string of the molecule is NCC1CCN(C(=O)c2ncccc2OCC(F)(F)F)C1. The second-order valence-electron chi connectivity index (χ2n) is 4.90. The van der Waals surface area contributed by atoms with Gasteiger partial charge in [0.25, 0.3) is 5.91 Å². The summed E-state index contributed by atoms with van der Waals surface area (Å²) in [5.41, 5.74) is 5.46. The first-order valence-electron chi connectivity index (χ1n) is 6.54. The number of nitrogens with two attached hydrogens (primary N) is 1. The molecule has 0 aromatic carbocycles. The maximum atomic E-state index is 12.3. The number of rotatable bonds is 4. The monoisotopic (exact) mass is 303 g/mol. The molecule has 1 saturated heterocycles. The summed E-state index contributed by atoms with van der Waals surface area (Å²) in [4.78, 5) is 17.7. The third-order valence-corrected chi connectivity index (χ3v) is 3.27. The molecule has 1 aliphatic heterocycles. The van der Waals surface area contributed by atoms with E-state index in [1.807, 2.05) is 0 Å². The molecule has 0 radical (unpaired) electrons. The van der Waals surface area contributed by atoms with E-state index < -0.39 is 18.7 Å². The molecule has 1 amide bonds. The highest BCUT2D eigenvalue weighted by atomic mass is 19.4. The van der Waals surface area contributed by atoms with Gasteiger partial charge in [-0.25, -0.2) is 4.98 Å². The minimum absolute atomic E-state index is 0.0978. The number of ether oxygens (including phenoxy) is 1. The van der Waals surface area contributed by atoms with Gasteiger partial charge in [-0.05, 0) is 31.0 Å². The standard InChI is InChI=1S/C13H16F3N3O2/c14-13(15,16)8-21-10-2-1-4-18-11(10)12(20)19-5-3-9(6-17)7-19/h1-2,4,9H,3,5-8,17H2. The lowest BCUT2D eigenvalue weighted by atomic mass is 10.1. The van der Waals surface area contributed by atoms with Crippen molar-refractivity contribution in [2.45, 2.75) is 12.6 Å². The number of carbonyl (C=O) groups is 1.